The average molecular weight is 395 g/mol. The van der Waals surface area contributed by atoms with Gasteiger partial charge in [0.1, 0.15) is 5.75 Å². The molecule has 2 aliphatic rings. The lowest BCUT2D eigenvalue weighted by Gasteiger charge is -2.35. The van der Waals surface area contributed by atoms with Crippen molar-refractivity contribution in [3.8, 4) is 5.75 Å². The predicted molar refractivity (Wildman–Crippen MR) is 110 cm³/mol. The van der Waals surface area contributed by atoms with Gasteiger partial charge in [-0.2, -0.15) is 0 Å². The number of nitrogens with one attached hydrogen (secondary N) is 1. The lowest BCUT2D eigenvalue weighted by Crippen LogP contribution is -2.48. The molecule has 1 aliphatic heterocycles. The molecule has 1 N–H and O–H groups in total. The Morgan fingerprint density at radius 3 is 2.83 bits per heavy atom. The molecule has 0 unspecified atom stereocenters. The van der Waals surface area contributed by atoms with Gasteiger partial charge in [0.25, 0.3) is 0 Å². The van der Waals surface area contributed by atoms with E-state index in [1.54, 1.807) is 7.11 Å². The Balaban J connectivity index is 1.29. The monoisotopic (exact) mass is 395 g/mol. The van der Waals surface area contributed by atoms with Crippen molar-refractivity contribution >= 4 is 23.3 Å². The first-order valence-electron chi connectivity index (χ1n) is 9.93. The van der Waals surface area contributed by atoms with Gasteiger partial charge in [0.15, 0.2) is 5.78 Å². The maximum absolute atomic E-state index is 12.4. The number of carbonyl (C=O) groups excluding carboxylic acids is 2. The van der Waals surface area contributed by atoms with Crippen LogP contribution >= 0.6 is 0 Å². The Hall–Kier alpha value is -3.00. The Labute approximate surface area is 169 Å². The van der Waals surface area contributed by atoms with Crippen molar-refractivity contribution in [2.24, 2.45) is 0 Å². The molecule has 2 aromatic rings. The van der Waals surface area contributed by atoms with Crippen LogP contribution in [0.1, 0.15) is 28.9 Å². The van der Waals surface area contributed by atoms with Crippen LogP contribution in [-0.4, -0.2) is 66.4 Å². The van der Waals surface area contributed by atoms with Crippen LogP contribution in [0.2, 0.25) is 0 Å². The van der Waals surface area contributed by atoms with E-state index in [1.165, 1.54) is 6.20 Å². The van der Waals surface area contributed by atoms with E-state index in [2.05, 4.69) is 31.2 Å². The predicted octanol–water partition coefficient (Wildman–Crippen LogP) is 1.76. The normalized spacial score (nSPS) is 17.0. The third-order valence-corrected chi connectivity index (χ3v) is 5.39. The van der Waals surface area contributed by atoms with Gasteiger partial charge < -0.3 is 9.64 Å². The molecule has 0 saturated carbocycles. The number of amides is 1. The van der Waals surface area contributed by atoms with E-state index in [0.29, 0.717) is 18.5 Å². The molecule has 8 heteroatoms. The number of aromatic nitrogens is 2. The highest BCUT2D eigenvalue weighted by Gasteiger charge is 2.22. The van der Waals surface area contributed by atoms with Crippen molar-refractivity contribution in [2.45, 2.75) is 19.3 Å². The second-order valence-electron chi connectivity index (χ2n) is 7.34. The Morgan fingerprint density at radius 2 is 2.03 bits per heavy atom. The molecule has 4 rings (SSSR count). The van der Waals surface area contributed by atoms with Gasteiger partial charge in [-0.1, -0.05) is 6.07 Å². The summed E-state index contributed by atoms with van der Waals surface area (Å²) in [6.45, 7) is 3.58. The summed E-state index contributed by atoms with van der Waals surface area (Å²) >= 11 is 0. The number of ketones is 1. The van der Waals surface area contributed by atoms with E-state index >= 15 is 0 Å². The Morgan fingerprint density at radius 1 is 1.21 bits per heavy atom. The number of aryl methyl sites for hydroxylation is 1. The van der Waals surface area contributed by atoms with Gasteiger partial charge in [0.2, 0.25) is 11.9 Å². The fraction of sp³-hybridized carbons (Fsp3) is 0.429. The van der Waals surface area contributed by atoms with Crippen LogP contribution in [0.3, 0.4) is 0 Å². The Kier molecular flexibility index (Phi) is 5.71. The lowest BCUT2D eigenvalue weighted by atomic mass is 9.96. The van der Waals surface area contributed by atoms with Crippen molar-refractivity contribution in [3.05, 3.63) is 41.7 Å². The first-order valence-corrected chi connectivity index (χ1v) is 9.93. The van der Waals surface area contributed by atoms with Crippen LogP contribution in [0.4, 0.5) is 11.6 Å². The van der Waals surface area contributed by atoms with E-state index in [9.17, 15) is 9.59 Å². The number of fused-ring (bicyclic) bond motifs is 1. The van der Waals surface area contributed by atoms with Crippen molar-refractivity contribution in [1.82, 2.24) is 14.9 Å². The van der Waals surface area contributed by atoms with Crippen LogP contribution in [0, 0.1) is 0 Å². The van der Waals surface area contributed by atoms with E-state index < -0.39 is 0 Å². The molecular formula is C21H25N5O3. The van der Waals surface area contributed by atoms with Crippen LogP contribution in [0.15, 0.2) is 30.5 Å². The van der Waals surface area contributed by atoms with Gasteiger partial charge in [-0.25, -0.2) is 9.97 Å². The van der Waals surface area contributed by atoms with Gasteiger partial charge in [-0.3, -0.25) is 19.8 Å². The Bertz CT molecular complexity index is 909. The van der Waals surface area contributed by atoms with Gasteiger partial charge >= 0.3 is 0 Å². The molecule has 2 heterocycles. The van der Waals surface area contributed by atoms with E-state index in [0.717, 1.165) is 56.2 Å². The molecule has 8 nitrogen and oxygen atoms in total. The molecule has 1 aromatic heterocycles. The molecule has 1 aliphatic carbocycles. The molecule has 152 valence electrons. The highest BCUT2D eigenvalue weighted by molar-refractivity contribution is 5.98. The number of hydrogen-bond acceptors (Lipinski definition) is 7. The second-order valence-corrected chi connectivity index (χ2v) is 7.34. The molecule has 0 radical (unpaired) electrons. The van der Waals surface area contributed by atoms with Crippen molar-refractivity contribution in [1.29, 1.82) is 0 Å². The SMILES string of the molecule is COc1cccc(N2CCN(CC(=O)Nc3ncc4c(n3)CCCC4=O)CC2)c1. The summed E-state index contributed by atoms with van der Waals surface area (Å²) in [5.74, 6) is 1.06. The molecule has 1 aromatic carbocycles. The second kappa shape index (κ2) is 8.57. The maximum atomic E-state index is 12.4. The van der Waals surface area contributed by atoms with Gasteiger partial charge in [0.05, 0.1) is 24.9 Å². The third kappa shape index (κ3) is 4.54. The third-order valence-electron chi connectivity index (χ3n) is 5.39. The van der Waals surface area contributed by atoms with Gasteiger partial charge in [-0.05, 0) is 25.0 Å². The number of rotatable bonds is 5. The van der Waals surface area contributed by atoms with Crippen LogP contribution in [0.5, 0.6) is 5.75 Å². The van der Waals surface area contributed by atoms with Crippen molar-refractivity contribution in [3.63, 3.8) is 0 Å². The number of hydrogen-bond donors (Lipinski definition) is 1. The molecule has 1 saturated heterocycles. The summed E-state index contributed by atoms with van der Waals surface area (Å²) in [7, 11) is 1.67. The minimum atomic E-state index is -0.137. The summed E-state index contributed by atoms with van der Waals surface area (Å²) in [5.41, 5.74) is 2.45. The van der Waals surface area contributed by atoms with Crippen molar-refractivity contribution in [2.75, 3.05) is 50.1 Å². The summed E-state index contributed by atoms with van der Waals surface area (Å²) in [6.07, 6.45) is 3.63. The molecular weight excluding hydrogens is 370 g/mol. The molecule has 1 fully saturated rings. The zero-order chi connectivity index (χ0) is 20.2. The minimum absolute atomic E-state index is 0.0815. The molecule has 29 heavy (non-hydrogen) atoms. The summed E-state index contributed by atoms with van der Waals surface area (Å²) < 4.78 is 5.30. The number of Topliss-reactive ketones (excluding diaryl/α,β-unsaturated/α-hetero) is 1. The van der Waals surface area contributed by atoms with Gasteiger partial charge in [-0.15, -0.1) is 0 Å². The molecule has 0 bridgehead atoms. The fourth-order valence-corrected chi connectivity index (χ4v) is 3.79. The van der Waals surface area contributed by atoms with Crippen LogP contribution in [-0.2, 0) is 11.2 Å². The fourth-order valence-electron chi connectivity index (χ4n) is 3.79. The molecule has 1 amide bonds. The van der Waals surface area contributed by atoms with Crippen LogP contribution in [0.25, 0.3) is 0 Å². The number of ether oxygens (including phenoxy) is 1. The number of benzene rings is 1. The molecule has 0 atom stereocenters. The maximum Gasteiger partial charge on any atom is 0.240 e. The topological polar surface area (TPSA) is 87.7 Å². The van der Waals surface area contributed by atoms with Crippen LogP contribution < -0.4 is 15.0 Å². The summed E-state index contributed by atoms with van der Waals surface area (Å²) in [4.78, 5) is 37.2. The number of piperazine rings is 1. The summed E-state index contributed by atoms with van der Waals surface area (Å²) in [6, 6.07) is 8.02. The van der Waals surface area contributed by atoms with E-state index in [-0.39, 0.29) is 17.6 Å². The van der Waals surface area contributed by atoms with E-state index in [1.807, 2.05) is 18.2 Å². The first kappa shape index (κ1) is 19.3. The number of nitrogens with zero attached hydrogens (tertiary/aromatic N) is 4. The highest BCUT2D eigenvalue weighted by atomic mass is 16.5. The van der Waals surface area contributed by atoms with Crippen molar-refractivity contribution < 1.29 is 14.3 Å². The highest BCUT2D eigenvalue weighted by Crippen LogP contribution is 2.22. The summed E-state index contributed by atoms with van der Waals surface area (Å²) in [5, 5.41) is 2.77. The average Bonchev–Trinajstić information content (AvgIpc) is 2.74. The van der Waals surface area contributed by atoms with Gasteiger partial charge in [0, 0.05) is 50.6 Å². The largest absolute Gasteiger partial charge is 0.497 e. The number of methoxy groups -OCH3 is 1. The number of carbonyl (C=O) groups is 2. The van der Waals surface area contributed by atoms with E-state index in [4.69, 9.17) is 4.74 Å². The zero-order valence-electron chi connectivity index (χ0n) is 16.6. The minimum Gasteiger partial charge on any atom is -0.497 e. The molecule has 0 spiro atoms. The number of anilines is 2. The zero-order valence-corrected chi connectivity index (χ0v) is 16.6. The quantitative estimate of drug-likeness (QED) is 0.825. The first-order chi connectivity index (χ1) is 14.1. The lowest BCUT2D eigenvalue weighted by molar-refractivity contribution is -0.117. The standard InChI is InChI=1S/C21H25N5O3/c1-29-16-5-2-4-15(12-16)26-10-8-25(9-11-26)14-20(28)24-21-22-13-17-18(23-21)6-3-7-19(17)27/h2,4-5,12-13H,3,6-11,14H2,1H3,(H,22,23,24,28). The smallest absolute Gasteiger partial charge is 0.240 e.